The Morgan fingerprint density at radius 3 is 3.07 bits per heavy atom. The van der Waals surface area contributed by atoms with Crippen LogP contribution >= 0.6 is 11.3 Å². The van der Waals surface area contributed by atoms with E-state index in [4.69, 9.17) is 10.8 Å². The Hall–Kier alpha value is -0.980. The molecule has 0 aromatic carbocycles. The number of carbonyl (C=O) groups excluding carboxylic acids is 1. The molecule has 0 saturated heterocycles. The molecule has 6 heteroatoms. The molecule has 0 radical (unpaired) electrons. The van der Waals surface area contributed by atoms with E-state index in [9.17, 15) is 4.79 Å². The lowest BCUT2D eigenvalue weighted by atomic mass is 10.4. The van der Waals surface area contributed by atoms with Crippen LogP contribution in [0.25, 0.3) is 0 Å². The molecule has 1 atom stereocenters. The Balaban J connectivity index is 2.52. The van der Waals surface area contributed by atoms with Crippen molar-refractivity contribution in [1.29, 1.82) is 0 Å². The summed E-state index contributed by atoms with van der Waals surface area (Å²) in [4.78, 5) is 15.4. The number of carbonyl (C=O) groups is 1. The van der Waals surface area contributed by atoms with E-state index in [1.54, 1.807) is 12.3 Å². The first-order chi connectivity index (χ1) is 6.63. The summed E-state index contributed by atoms with van der Waals surface area (Å²) in [6.07, 6.45) is -0.549. The fourth-order valence-corrected chi connectivity index (χ4v) is 1.49. The quantitative estimate of drug-likeness (QED) is 0.644. The van der Waals surface area contributed by atoms with Crippen LogP contribution in [0.15, 0.2) is 5.38 Å². The molecule has 78 valence electrons. The molecule has 14 heavy (non-hydrogen) atoms. The van der Waals surface area contributed by atoms with Gasteiger partial charge in [0.05, 0.1) is 6.10 Å². The van der Waals surface area contributed by atoms with Gasteiger partial charge in [0.15, 0.2) is 0 Å². The van der Waals surface area contributed by atoms with Gasteiger partial charge in [-0.2, -0.15) is 0 Å². The maximum atomic E-state index is 11.4. The number of aliphatic hydroxyl groups excluding tert-OH is 1. The number of aliphatic hydroxyl groups is 1. The number of aromatic nitrogens is 1. The van der Waals surface area contributed by atoms with E-state index in [0.29, 0.717) is 12.2 Å². The second kappa shape index (κ2) is 5.04. The SMILES string of the molecule is C[C@@H](O)CNC(=O)c1csc(CN)n1. The number of nitrogens with one attached hydrogen (secondary N) is 1. The van der Waals surface area contributed by atoms with Crippen LogP contribution in [0.1, 0.15) is 22.4 Å². The van der Waals surface area contributed by atoms with Crippen LogP contribution in [-0.4, -0.2) is 28.6 Å². The molecule has 0 aliphatic carbocycles. The number of hydrogen-bond donors (Lipinski definition) is 3. The number of nitrogens with zero attached hydrogens (tertiary/aromatic N) is 1. The van der Waals surface area contributed by atoms with E-state index >= 15 is 0 Å². The van der Waals surface area contributed by atoms with Crippen LogP contribution in [0.5, 0.6) is 0 Å². The van der Waals surface area contributed by atoms with Gasteiger partial charge in [-0.05, 0) is 6.92 Å². The molecule has 1 aromatic rings. The van der Waals surface area contributed by atoms with Gasteiger partial charge in [-0.1, -0.05) is 0 Å². The first-order valence-corrected chi connectivity index (χ1v) is 5.12. The van der Waals surface area contributed by atoms with Crippen molar-refractivity contribution in [3.63, 3.8) is 0 Å². The van der Waals surface area contributed by atoms with Crippen LogP contribution < -0.4 is 11.1 Å². The Bertz CT molecular complexity index is 311. The van der Waals surface area contributed by atoms with Gasteiger partial charge in [0.2, 0.25) is 0 Å². The lowest BCUT2D eigenvalue weighted by Gasteiger charge is -2.04. The molecule has 0 spiro atoms. The van der Waals surface area contributed by atoms with Crippen molar-refractivity contribution in [3.05, 3.63) is 16.1 Å². The molecule has 0 bridgehead atoms. The van der Waals surface area contributed by atoms with Crippen molar-refractivity contribution in [3.8, 4) is 0 Å². The second-order valence-corrected chi connectivity index (χ2v) is 3.83. The molecule has 0 fully saturated rings. The summed E-state index contributed by atoms with van der Waals surface area (Å²) in [5, 5.41) is 13.9. The van der Waals surface area contributed by atoms with Crippen LogP contribution in [0.3, 0.4) is 0 Å². The number of rotatable bonds is 4. The lowest BCUT2D eigenvalue weighted by molar-refractivity contribution is 0.0919. The minimum Gasteiger partial charge on any atom is -0.392 e. The highest BCUT2D eigenvalue weighted by Crippen LogP contribution is 2.08. The van der Waals surface area contributed by atoms with E-state index in [1.807, 2.05) is 0 Å². The highest BCUT2D eigenvalue weighted by atomic mass is 32.1. The minimum atomic E-state index is -0.549. The topological polar surface area (TPSA) is 88.2 Å². The molecule has 5 nitrogen and oxygen atoms in total. The lowest BCUT2D eigenvalue weighted by Crippen LogP contribution is -2.30. The van der Waals surface area contributed by atoms with Gasteiger partial charge >= 0.3 is 0 Å². The Kier molecular flexibility index (Phi) is 3.99. The normalized spacial score (nSPS) is 12.5. The summed E-state index contributed by atoms with van der Waals surface area (Å²) in [6.45, 7) is 2.18. The summed E-state index contributed by atoms with van der Waals surface area (Å²) in [6, 6.07) is 0. The van der Waals surface area contributed by atoms with Crippen molar-refractivity contribution in [2.75, 3.05) is 6.54 Å². The zero-order chi connectivity index (χ0) is 10.6. The first kappa shape index (κ1) is 11.1. The predicted octanol–water partition coefficient (Wildman–Crippen LogP) is -0.288. The Morgan fingerprint density at radius 1 is 1.86 bits per heavy atom. The van der Waals surface area contributed by atoms with Gasteiger partial charge in [0.1, 0.15) is 10.7 Å². The predicted molar refractivity (Wildman–Crippen MR) is 54.0 cm³/mol. The molecule has 1 amide bonds. The zero-order valence-electron chi connectivity index (χ0n) is 7.86. The van der Waals surface area contributed by atoms with Crippen LogP contribution in [-0.2, 0) is 6.54 Å². The summed E-state index contributed by atoms with van der Waals surface area (Å²) in [5.74, 6) is -0.276. The van der Waals surface area contributed by atoms with E-state index in [1.165, 1.54) is 11.3 Å². The highest BCUT2D eigenvalue weighted by Gasteiger charge is 2.09. The smallest absolute Gasteiger partial charge is 0.270 e. The van der Waals surface area contributed by atoms with Crippen LogP contribution in [0.2, 0.25) is 0 Å². The van der Waals surface area contributed by atoms with Crippen molar-refractivity contribution < 1.29 is 9.90 Å². The van der Waals surface area contributed by atoms with Crippen molar-refractivity contribution >= 4 is 17.2 Å². The van der Waals surface area contributed by atoms with E-state index in [0.717, 1.165) is 5.01 Å². The van der Waals surface area contributed by atoms with E-state index < -0.39 is 6.10 Å². The van der Waals surface area contributed by atoms with Crippen LogP contribution in [0, 0.1) is 0 Å². The molecule has 0 aliphatic heterocycles. The summed E-state index contributed by atoms with van der Waals surface area (Å²) in [7, 11) is 0. The van der Waals surface area contributed by atoms with Crippen LogP contribution in [0.4, 0.5) is 0 Å². The molecular formula is C8H13N3O2S. The van der Waals surface area contributed by atoms with Crippen molar-refractivity contribution in [1.82, 2.24) is 10.3 Å². The maximum absolute atomic E-state index is 11.4. The Labute approximate surface area is 86.0 Å². The van der Waals surface area contributed by atoms with Gasteiger partial charge in [-0.25, -0.2) is 4.98 Å². The highest BCUT2D eigenvalue weighted by molar-refractivity contribution is 7.09. The number of nitrogens with two attached hydrogens (primary N) is 1. The summed E-state index contributed by atoms with van der Waals surface area (Å²) >= 11 is 1.35. The fourth-order valence-electron chi connectivity index (χ4n) is 0.840. The molecular weight excluding hydrogens is 202 g/mol. The third-order valence-corrected chi connectivity index (χ3v) is 2.39. The van der Waals surface area contributed by atoms with Gasteiger partial charge in [0, 0.05) is 18.5 Å². The average molecular weight is 215 g/mol. The number of thiazole rings is 1. The molecule has 1 rings (SSSR count). The van der Waals surface area contributed by atoms with Gasteiger partial charge < -0.3 is 16.2 Å². The van der Waals surface area contributed by atoms with Gasteiger partial charge in [-0.15, -0.1) is 11.3 Å². The molecule has 0 aliphatic rings. The molecule has 1 aromatic heterocycles. The Morgan fingerprint density at radius 2 is 2.57 bits per heavy atom. The first-order valence-electron chi connectivity index (χ1n) is 4.24. The van der Waals surface area contributed by atoms with Gasteiger partial charge in [0.25, 0.3) is 5.91 Å². The fraction of sp³-hybridized carbons (Fsp3) is 0.500. The largest absolute Gasteiger partial charge is 0.392 e. The monoisotopic (exact) mass is 215 g/mol. The molecule has 1 heterocycles. The molecule has 0 saturated carbocycles. The third kappa shape index (κ3) is 3.06. The number of amides is 1. The second-order valence-electron chi connectivity index (χ2n) is 2.89. The van der Waals surface area contributed by atoms with Crippen molar-refractivity contribution in [2.45, 2.75) is 19.6 Å². The summed E-state index contributed by atoms with van der Waals surface area (Å²) in [5.41, 5.74) is 5.72. The average Bonchev–Trinajstić information content (AvgIpc) is 2.62. The molecule has 4 N–H and O–H groups in total. The number of hydrogen-bond acceptors (Lipinski definition) is 5. The van der Waals surface area contributed by atoms with E-state index in [2.05, 4.69) is 10.3 Å². The van der Waals surface area contributed by atoms with E-state index in [-0.39, 0.29) is 12.5 Å². The van der Waals surface area contributed by atoms with Crippen molar-refractivity contribution in [2.24, 2.45) is 5.73 Å². The summed E-state index contributed by atoms with van der Waals surface area (Å²) < 4.78 is 0. The minimum absolute atomic E-state index is 0.230. The molecule has 0 unspecified atom stereocenters. The third-order valence-electron chi connectivity index (χ3n) is 1.52. The maximum Gasteiger partial charge on any atom is 0.270 e. The standard InChI is InChI=1S/C8H13N3O2S/c1-5(12)3-10-8(13)6-4-14-7(2-9)11-6/h4-5,12H,2-3,9H2,1H3,(H,10,13)/t5-/m1/s1. The zero-order valence-corrected chi connectivity index (χ0v) is 8.67. The van der Waals surface area contributed by atoms with Gasteiger partial charge in [-0.3, -0.25) is 4.79 Å².